The van der Waals surface area contributed by atoms with Crippen molar-refractivity contribution in [2.45, 2.75) is 26.9 Å². The predicted molar refractivity (Wildman–Crippen MR) is 68.5 cm³/mol. The van der Waals surface area contributed by atoms with Crippen LogP contribution in [0.4, 0.5) is 11.4 Å². The zero-order valence-electron chi connectivity index (χ0n) is 10.4. The third-order valence-corrected chi connectivity index (χ3v) is 2.68. The van der Waals surface area contributed by atoms with E-state index in [1.54, 1.807) is 0 Å². The van der Waals surface area contributed by atoms with Crippen molar-refractivity contribution in [2.24, 2.45) is 5.92 Å². The monoisotopic (exact) mass is 234 g/mol. The molecule has 1 atom stereocenters. The second-order valence-electron chi connectivity index (χ2n) is 4.62. The van der Waals surface area contributed by atoms with Crippen molar-refractivity contribution in [3.63, 3.8) is 0 Å². The summed E-state index contributed by atoms with van der Waals surface area (Å²) in [5.41, 5.74) is 1.66. The first-order valence-corrected chi connectivity index (χ1v) is 5.92. The summed E-state index contributed by atoms with van der Waals surface area (Å²) < 4.78 is 5.70. The van der Waals surface area contributed by atoms with Crippen LogP contribution in [-0.4, -0.2) is 18.6 Å². The third-order valence-electron chi connectivity index (χ3n) is 2.68. The molecule has 0 fully saturated rings. The van der Waals surface area contributed by atoms with E-state index >= 15 is 0 Å². The summed E-state index contributed by atoms with van der Waals surface area (Å²) >= 11 is 0. The molecule has 2 rings (SSSR count). The summed E-state index contributed by atoms with van der Waals surface area (Å²) in [6.45, 7) is 6.48. The fourth-order valence-electron chi connectivity index (χ4n) is 1.76. The molecular weight excluding hydrogens is 216 g/mol. The summed E-state index contributed by atoms with van der Waals surface area (Å²) in [7, 11) is 0. The third kappa shape index (κ3) is 2.52. The Kier molecular flexibility index (Phi) is 3.22. The highest BCUT2D eigenvalue weighted by Gasteiger charge is 2.21. The summed E-state index contributed by atoms with van der Waals surface area (Å²) in [6.07, 6.45) is 0.0825. The van der Waals surface area contributed by atoms with Crippen LogP contribution in [0.15, 0.2) is 18.2 Å². The molecule has 0 aromatic heterocycles. The fraction of sp³-hybridized carbons (Fsp3) is 0.462. The highest BCUT2D eigenvalue weighted by molar-refractivity contribution is 5.99. The van der Waals surface area contributed by atoms with Gasteiger partial charge in [0.25, 0.3) is 0 Å². The SMILES string of the molecule is CC(C)Oc1cccc2c1NC(=O)C(C)CN2. The van der Waals surface area contributed by atoms with Gasteiger partial charge in [-0.2, -0.15) is 0 Å². The first-order chi connectivity index (χ1) is 8.08. The lowest BCUT2D eigenvalue weighted by atomic mass is 10.2. The number of hydrogen-bond donors (Lipinski definition) is 2. The van der Waals surface area contributed by atoms with Gasteiger partial charge in [0.1, 0.15) is 11.4 Å². The van der Waals surface area contributed by atoms with Crippen molar-refractivity contribution in [1.82, 2.24) is 0 Å². The Morgan fingerprint density at radius 3 is 2.88 bits per heavy atom. The molecule has 0 saturated carbocycles. The van der Waals surface area contributed by atoms with E-state index in [9.17, 15) is 4.79 Å². The summed E-state index contributed by atoms with van der Waals surface area (Å²) in [4.78, 5) is 11.8. The lowest BCUT2D eigenvalue weighted by molar-refractivity contribution is -0.118. The number of hydrogen-bond acceptors (Lipinski definition) is 3. The standard InChI is InChI=1S/C13H18N2O2/c1-8(2)17-11-6-4-5-10-12(11)15-13(16)9(3)7-14-10/h4-6,8-9,14H,7H2,1-3H3,(H,15,16). The van der Waals surface area contributed by atoms with Gasteiger partial charge in [-0.15, -0.1) is 0 Å². The number of benzene rings is 1. The summed E-state index contributed by atoms with van der Waals surface area (Å²) in [5.74, 6) is 0.692. The average molecular weight is 234 g/mol. The molecule has 1 aliphatic rings. The molecule has 1 unspecified atom stereocenters. The van der Waals surface area contributed by atoms with Crippen molar-refractivity contribution in [2.75, 3.05) is 17.2 Å². The van der Waals surface area contributed by atoms with E-state index in [0.29, 0.717) is 12.3 Å². The van der Waals surface area contributed by atoms with Crippen LogP contribution in [0.25, 0.3) is 0 Å². The summed E-state index contributed by atoms with van der Waals surface area (Å²) in [6, 6.07) is 5.74. The Morgan fingerprint density at radius 1 is 1.41 bits per heavy atom. The van der Waals surface area contributed by atoms with Gasteiger partial charge in [-0.05, 0) is 26.0 Å². The number of carbonyl (C=O) groups excluding carboxylic acids is 1. The van der Waals surface area contributed by atoms with Crippen LogP contribution in [-0.2, 0) is 4.79 Å². The molecule has 1 aromatic carbocycles. The molecule has 1 heterocycles. The van der Waals surface area contributed by atoms with Gasteiger partial charge in [-0.25, -0.2) is 0 Å². The minimum atomic E-state index is -0.0469. The van der Waals surface area contributed by atoms with Crippen LogP contribution in [0, 0.1) is 5.92 Å². The van der Waals surface area contributed by atoms with E-state index in [0.717, 1.165) is 11.4 Å². The van der Waals surface area contributed by atoms with Gasteiger partial charge < -0.3 is 15.4 Å². The number of para-hydroxylation sites is 1. The number of nitrogens with one attached hydrogen (secondary N) is 2. The van der Waals surface area contributed by atoms with Gasteiger partial charge in [0, 0.05) is 6.54 Å². The van der Waals surface area contributed by atoms with Crippen LogP contribution in [0.3, 0.4) is 0 Å². The molecule has 4 nitrogen and oxygen atoms in total. The second kappa shape index (κ2) is 4.65. The quantitative estimate of drug-likeness (QED) is 0.826. The molecule has 1 aromatic rings. The lowest BCUT2D eigenvalue weighted by Crippen LogP contribution is -2.22. The van der Waals surface area contributed by atoms with Crippen molar-refractivity contribution in [1.29, 1.82) is 0 Å². The molecule has 0 bridgehead atoms. The average Bonchev–Trinajstić information content (AvgIpc) is 2.41. The van der Waals surface area contributed by atoms with Crippen LogP contribution < -0.4 is 15.4 Å². The van der Waals surface area contributed by atoms with Gasteiger partial charge in [0.05, 0.1) is 17.7 Å². The smallest absolute Gasteiger partial charge is 0.229 e. The Morgan fingerprint density at radius 2 is 2.18 bits per heavy atom. The molecule has 2 N–H and O–H groups in total. The van der Waals surface area contributed by atoms with E-state index in [2.05, 4.69) is 10.6 Å². The lowest BCUT2D eigenvalue weighted by Gasteiger charge is -2.16. The first kappa shape index (κ1) is 11.8. The molecule has 0 saturated heterocycles. The maximum atomic E-state index is 11.8. The van der Waals surface area contributed by atoms with E-state index in [-0.39, 0.29) is 17.9 Å². The van der Waals surface area contributed by atoms with Crippen molar-refractivity contribution < 1.29 is 9.53 Å². The number of carbonyl (C=O) groups is 1. The Labute approximate surface area is 101 Å². The normalized spacial score (nSPS) is 19.1. The summed E-state index contributed by atoms with van der Waals surface area (Å²) in [5, 5.41) is 6.18. The molecular formula is C13H18N2O2. The van der Waals surface area contributed by atoms with Crippen molar-refractivity contribution in [3.05, 3.63) is 18.2 Å². The minimum absolute atomic E-state index is 0.0241. The number of ether oxygens (including phenoxy) is 1. The maximum absolute atomic E-state index is 11.8. The van der Waals surface area contributed by atoms with E-state index in [1.807, 2.05) is 39.0 Å². The van der Waals surface area contributed by atoms with Gasteiger partial charge in [0.15, 0.2) is 0 Å². The van der Waals surface area contributed by atoms with E-state index in [1.165, 1.54) is 0 Å². The second-order valence-corrected chi connectivity index (χ2v) is 4.62. The molecule has 92 valence electrons. The van der Waals surface area contributed by atoms with E-state index in [4.69, 9.17) is 4.74 Å². The molecule has 17 heavy (non-hydrogen) atoms. The van der Waals surface area contributed by atoms with Crippen molar-refractivity contribution >= 4 is 17.3 Å². The van der Waals surface area contributed by atoms with Crippen LogP contribution in [0.2, 0.25) is 0 Å². The molecule has 0 spiro atoms. The Balaban J connectivity index is 2.36. The zero-order chi connectivity index (χ0) is 12.4. The van der Waals surface area contributed by atoms with Crippen molar-refractivity contribution in [3.8, 4) is 5.75 Å². The van der Waals surface area contributed by atoms with Gasteiger partial charge in [0.2, 0.25) is 5.91 Å². The highest BCUT2D eigenvalue weighted by atomic mass is 16.5. The number of fused-ring (bicyclic) bond motifs is 1. The van der Waals surface area contributed by atoms with Crippen LogP contribution in [0.1, 0.15) is 20.8 Å². The van der Waals surface area contributed by atoms with Crippen LogP contribution >= 0.6 is 0 Å². The number of amides is 1. The molecule has 1 amide bonds. The van der Waals surface area contributed by atoms with Gasteiger partial charge >= 0.3 is 0 Å². The van der Waals surface area contributed by atoms with Crippen LogP contribution in [0.5, 0.6) is 5.75 Å². The number of rotatable bonds is 2. The molecule has 4 heteroatoms. The first-order valence-electron chi connectivity index (χ1n) is 5.92. The number of anilines is 2. The minimum Gasteiger partial charge on any atom is -0.489 e. The molecule has 0 radical (unpaired) electrons. The predicted octanol–water partition coefficient (Wildman–Crippen LogP) is 2.47. The van der Waals surface area contributed by atoms with Gasteiger partial charge in [-0.3, -0.25) is 4.79 Å². The largest absolute Gasteiger partial charge is 0.489 e. The molecule has 0 aliphatic carbocycles. The fourth-order valence-corrected chi connectivity index (χ4v) is 1.76. The van der Waals surface area contributed by atoms with Gasteiger partial charge in [-0.1, -0.05) is 13.0 Å². The topological polar surface area (TPSA) is 50.4 Å². The Bertz CT molecular complexity index is 429. The maximum Gasteiger partial charge on any atom is 0.229 e. The Hall–Kier alpha value is -1.71. The van der Waals surface area contributed by atoms with E-state index < -0.39 is 0 Å². The highest BCUT2D eigenvalue weighted by Crippen LogP contribution is 2.35. The molecule has 1 aliphatic heterocycles. The zero-order valence-corrected chi connectivity index (χ0v) is 10.4.